The van der Waals surface area contributed by atoms with Crippen molar-refractivity contribution >= 4 is 23.5 Å². The highest BCUT2D eigenvalue weighted by Crippen LogP contribution is 2.17. The molecule has 1 fully saturated rings. The van der Waals surface area contributed by atoms with E-state index in [9.17, 15) is 22.8 Å². The van der Waals surface area contributed by atoms with Gasteiger partial charge in [-0.05, 0) is 0 Å². The monoisotopic (exact) mass is 274 g/mol. The molecule has 0 saturated carbocycles. The Balaban J connectivity index is 2.38. The van der Waals surface area contributed by atoms with Crippen molar-refractivity contribution in [3.63, 3.8) is 0 Å². The van der Waals surface area contributed by atoms with Crippen LogP contribution >= 0.6 is 11.6 Å². The molecule has 1 aliphatic rings. The zero-order valence-electron chi connectivity index (χ0n) is 8.67. The summed E-state index contributed by atoms with van der Waals surface area (Å²) in [5.74, 6) is -2.73. The lowest BCUT2D eigenvalue weighted by Gasteiger charge is -2.32. The summed E-state index contributed by atoms with van der Waals surface area (Å²) in [6.07, 6.45) is -5.01. The van der Waals surface area contributed by atoms with E-state index in [1.54, 1.807) is 0 Å². The van der Waals surface area contributed by atoms with Crippen molar-refractivity contribution in [3.8, 4) is 0 Å². The molecule has 1 amide bonds. The van der Waals surface area contributed by atoms with Gasteiger partial charge in [0.1, 0.15) is 5.88 Å². The van der Waals surface area contributed by atoms with E-state index < -0.39 is 12.1 Å². The molecule has 0 aromatic rings. The number of hydrogen-bond donors (Lipinski definition) is 0. The lowest BCUT2D eigenvalue weighted by molar-refractivity contribution is -0.242. The zero-order chi connectivity index (χ0) is 13.1. The topological polar surface area (TPSA) is 49.9 Å². The lowest BCUT2D eigenvalue weighted by atomic mass is 10.3. The largest absolute Gasteiger partial charge is 0.492 e. The molecule has 98 valence electrons. The van der Waals surface area contributed by atoms with E-state index in [0.717, 1.165) is 5.06 Å². The van der Waals surface area contributed by atoms with E-state index in [0.29, 0.717) is 0 Å². The van der Waals surface area contributed by atoms with Crippen LogP contribution in [0.5, 0.6) is 0 Å². The van der Waals surface area contributed by atoms with Gasteiger partial charge in [0.05, 0.1) is 13.1 Å². The van der Waals surface area contributed by atoms with Crippen LogP contribution in [0.4, 0.5) is 13.2 Å². The summed E-state index contributed by atoms with van der Waals surface area (Å²) in [7, 11) is 0. The maximum absolute atomic E-state index is 11.9. The first-order valence-electron chi connectivity index (χ1n) is 4.72. The Bertz CT molecular complexity index is 303. The van der Waals surface area contributed by atoms with E-state index in [2.05, 4.69) is 4.84 Å². The van der Waals surface area contributed by atoms with E-state index in [1.165, 1.54) is 4.90 Å². The molecule has 1 aliphatic heterocycles. The highest BCUT2D eigenvalue weighted by Gasteiger charge is 2.42. The number of rotatable bonds is 2. The Labute approximate surface area is 100.0 Å². The standard InChI is InChI=1S/C8H10ClF3N2O3/c9-5-6(15)13-1-3-14(4-2-13)17-7(16)8(10,11)12/h1-5H2. The molecular weight excluding hydrogens is 265 g/mol. The van der Waals surface area contributed by atoms with Crippen LogP contribution in [0, 0.1) is 0 Å². The van der Waals surface area contributed by atoms with E-state index >= 15 is 0 Å². The number of carbonyl (C=O) groups excluding carboxylic acids is 2. The fourth-order valence-corrected chi connectivity index (χ4v) is 1.45. The van der Waals surface area contributed by atoms with Crippen LogP contribution < -0.4 is 0 Å². The fourth-order valence-electron chi connectivity index (χ4n) is 1.28. The minimum absolute atomic E-state index is 0.0322. The molecule has 0 bridgehead atoms. The zero-order valence-corrected chi connectivity index (χ0v) is 9.42. The normalized spacial score (nSPS) is 18.0. The molecule has 0 spiro atoms. The van der Waals surface area contributed by atoms with Crippen molar-refractivity contribution in [2.75, 3.05) is 32.1 Å². The van der Waals surface area contributed by atoms with E-state index in [-0.39, 0.29) is 38.0 Å². The number of piperazine rings is 1. The van der Waals surface area contributed by atoms with Crippen molar-refractivity contribution in [2.45, 2.75) is 6.18 Å². The molecule has 0 radical (unpaired) electrons. The average Bonchev–Trinajstić information content (AvgIpc) is 2.27. The Kier molecular flexibility index (Phi) is 4.58. The second-order valence-electron chi connectivity index (χ2n) is 3.32. The Morgan fingerprint density at radius 2 is 1.71 bits per heavy atom. The van der Waals surface area contributed by atoms with Crippen LogP contribution in [0.15, 0.2) is 0 Å². The number of nitrogens with zero attached hydrogens (tertiary/aromatic N) is 2. The molecule has 5 nitrogen and oxygen atoms in total. The minimum atomic E-state index is -5.01. The average molecular weight is 275 g/mol. The second kappa shape index (κ2) is 5.54. The fraction of sp³-hybridized carbons (Fsp3) is 0.750. The van der Waals surface area contributed by atoms with Crippen molar-refractivity contribution < 1.29 is 27.6 Å². The smallest absolute Gasteiger partial charge is 0.361 e. The molecule has 17 heavy (non-hydrogen) atoms. The Hall–Kier alpha value is -1.02. The number of carbonyl (C=O) groups is 2. The maximum atomic E-state index is 11.9. The molecule has 0 aliphatic carbocycles. The second-order valence-corrected chi connectivity index (χ2v) is 3.59. The van der Waals surface area contributed by atoms with Crippen molar-refractivity contribution in [3.05, 3.63) is 0 Å². The summed E-state index contributed by atoms with van der Waals surface area (Å²) in [5.41, 5.74) is 0. The van der Waals surface area contributed by atoms with Gasteiger partial charge in [-0.3, -0.25) is 4.79 Å². The van der Waals surface area contributed by atoms with Gasteiger partial charge in [-0.15, -0.1) is 16.7 Å². The highest BCUT2D eigenvalue weighted by molar-refractivity contribution is 6.27. The van der Waals surface area contributed by atoms with Crippen LogP contribution in [0.25, 0.3) is 0 Å². The molecule has 0 aromatic carbocycles. The number of amides is 1. The Morgan fingerprint density at radius 1 is 1.18 bits per heavy atom. The van der Waals surface area contributed by atoms with Gasteiger partial charge in [-0.25, -0.2) is 4.79 Å². The number of alkyl halides is 4. The summed E-state index contributed by atoms with van der Waals surface area (Å²) in [5, 5.41) is 0.883. The maximum Gasteiger partial charge on any atom is 0.492 e. The third kappa shape index (κ3) is 4.04. The van der Waals surface area contributed by atoms with E-state index in [1.807, 2.05) is 0 Å². The third-order valence-corrected chi connectivity index (χ3v) is 2.38. The number of hydroxylamine groups is 2. The third-order valence-electron chi connectivity index (χ3n) is 2.15. The molecule has 0 N–H and O–H groups in total. The van der Waals surface area contributed by atoms with Gasteiger partial charge < -0.3 is 9.74 Å². The minimum Gasteiger partial charge on any atom is -0.361 e. The van der Waals surface area contributed by atoms with Gasteiger partial charge >= 0.3 is 12.1 Å². The molecule has 0 aromatic heterocycles. The first-order valence-corrected chi connectivity index (χ1v) is 5.26. The molecular formula is C8H10ClF3N2O3. The molecule has 0 atom stereocenters. The van der Waals surface area contributed by atoms with Crippen LogP contribution in [0.2, 0.25) is 0 Å². The van der Waals surface area contributed by atoms with Crippen LogP contribution in [-0.4, -0.2) is 60.1 Å². The van der Waals surface area contributed by atoms with Crippen LogP contribution in [0.1, 0.15) is 0 Å². The molecule has 0 unspecified atom stereocenters. The lowest BCUT2D eigenvalue weighted by Crippen LogP contribution is -2.50. The van der Waals surface area contributed by atoms with Crippen LogP contribution in [0.3, 0.4) is 0 Å². The van der Waals surface area contributed by atoms with Crippen LogP contribution in [-0.2, 0) is 14.4 Å². The number of hydrogen-bond acceptors (Lipinski definition) is 4. The van der Waals surface area contributed by atoms with Gasteiger partial charge in [-0.1, -0.05) is 0 Å². The van der Waals surface area contributed by atoms with Crippen molar-refractivity contribution in [1.29, 1.82) is 0 Å². The molecule has 1 heterocycles. The number of halogens is 4. The summed E-state index contributed by atoms with van der Waals surface area (Å²) in [6.45, 7) is 0.419. The van der Waals surface area contributed by atoms with Gasteiger partial charge in [0.25, 0.3) is 0 Å². The first-order chi connectivity index (χ1) is 7.84. The molecule has 9 heteroatoms. The van der Waals surface area contributed by atoms with Gasteiger partial charge in [0, 0.05) is 13.1 Å². The summed E-state index contributed by atoms with van der Waals surface area (Å²) in [4.78, 5) is 27.2. The van der Waals surface area contributed by atoms with Gasteiger partial charge in [0.15, 0.2) is 0 Å². The highest BCUT2D eigenvalue weighted by atomic mass is 35.5. The Morgan fingerprint density at radius 3 is 2.12 bits per heavy atom. The SMILES string of the molecule is O=C(CCl)N1CCN(OC(=O)C(F)(F)F)CC1. The molecule has 1 rings (SSSR count). The summed E-state index contributed by atoms with van der Waals surface area (Å²) < 4.78 is 35.6. The molecule has 1 saturated heterocycles. The van der Waals surface area contributed by atoms with Crippen molar-refractivity contribution in [1.82, 2.24) is 9.96 Å². The predicted octanol–water partition coefficient (Wildman–Crippen LogP) is 0.390. The first kappa shape index (κ1) is 14.0. The van der Waals surface area contributed by atoms with Crippen molar-refractivity contribution in [2.24, 2.45) is 0 Å². The predicted molar refractivity (Wildman–Crippen MR) is 51.0 cm³/mol. The van der Waals surface area contributed by atoms with Gasteiger partial charge in [-0.2, -0.15) is 13.2 Å². The summed E-state index contributed by atoms with van der Waals surface area (Å²) >= 11 is 5.33. The summed E-state index contributed by atoms with van der Waals surface area (Å²) in [6, 6.07) is 0. The van der Waals surface area contributed by atoms with Gasteiger partial charge in [0.2, 0.25) is 5.91 Å². The quantitative estimate of drug-likeness (QED) is 0.684. The van der Waals surface area contributed by atoms with E-state index in [4.69, 9.17) is 11.6 Å².